The van der Waals surface area contributed by atoms with E-state index in [0.29, 0.717) is 6.54 Å². The fraction of sp³-hybridized carbons (Fsp3) is 0.333. The lowest BCUT2D eigenvalue weighted by molar-refractivity contribution is 0.703. The molecule has 5 heteroatoms. The number of rotatable bonds is 3. The van der Waals surface area contributed by atoms with Crippen LogP contribution in [0.4, 0.5) is 5.69 Å². The molecule has 17 heavy (non-hydrogen) atoms. The fourth-order valence-electron chi connectivity index (χ4n) is 1.63. The molecule has 2 aromatic rings. The number of hydrogen-bond donors (Lipinski definition) is 1. The first kappa shape index (κ1) is 11.6. The minimum Gasteiger partial charge on any atom is -0.378 e. The maximum Gasteiger partial charge on any atom is 0.181 e. The molecule has 0 aliphatic rings. The van der Waals surface area contributed by atoms with Gasteiger partial charge in [0, 0.05) is 32.4 Å². The van der Waals surface area contributed by atoms with Gasteiger partial charge in [0.2, 0.25) is 0 Å². The van der Waals surface area contributed by atoms with E-state index in [4.69, 9.17) is 5.73 Å². The Balaban J connectivity index is 2.33. The van der Waals surface area contributed by atoms with Crippen molar-refractivity contribution in [3.63, 3.8) is 0 Å². The van der Waals surface area contributed by atoms with Crippen LogP contribution in [-0.2, 0) is 13.6 Å². The van der Waals surface area contributed by atoms with Crippen LogP contribution in [0.3, 0.4) is 0 Å². The molecule has 0 saturated carbocycles. The van der Waals surface area contributed by atoms with Crippen molar-refractivity contribution < 1.29 is 0 Å². The average Bonchev–Trinajstić information content (AvgIpc) is 2.70. The van der Waals surface area contributed by atoms with E-state index in [1.54, 1.807) is 4.68 Å². The number of aryl methyl sites for hydroxylation is 1. The average molecular weight is 231 g/mol. The Labute approximate surface area is 101 Å². The van der Waals surface area contributed by atoms with Crippen LogP contribution in [0.15, 0.2) is 24.3 Å². The topological polar surface area (TPSA) is 60.0 Å². The van der Waals surface area contributed by atoms with Gasteiger partial charge >= 0.3 is 0 Å². The molecule has 0 spiro atoms. The van der Waals surface area contributed by atoms with Crippen molar-refractivity contribution in [2.75, 3.05) is 19.0 Å². The van der Waals surface area contributed by atoms with E-state index in [9.17, 15) is 0 Å². The summed E-state index contributed by atoms with van der Waals surface area (Å²) in [7, 11) is 5.88. The summed E-state index contributed by atoms with van der Waals surface area (Å²) in [5.41, 5.74) is 7.74. The van der Waals surface area contributed by atoms with Gasteiger partial charge in [-0.2, -0.15) is 5.10 Å². The van der Waals surface area contributed by atoms with Crippen molar-refractivity contribution in [3.8, 4) is 11.4 Å². The maximum absolute atomic E-state index is 5.58. The monoisotopic (exact) mass is 231 g/mol. The van der Waals surface area contributed by atoms with E-state index in [2.05, 4.69) is 15.0 Å². The quantitative estimate of drug-likeness (QED) is 0.856. The van der Waals surface area contributed by atoms with Crippen LogP contribution in [0.25, 0.3) is 11.4 Å². The first-order valence-corrected chi connectivity index (χ1v) is 5.49. The molecular formula is C12H17N5. The second-order valence-corrected chi connectivity index (χ2v) is 4.12. The van der Waals surface area contributed by atoms with Gasteiger partial charge in [0.15, 0.2) is 5.82 Å². The number of nitrogens with two attached hydrogens (primary N) is 1. The zero-order chi connectivity index (χ0) is 12.4. The molecule has 2 N–H and O–H groups in total. The van der Waals surface area contributed by atoms with Crippen LogP contribution in [0, 0.1) is 0 Å². The molecule has 0 unspecified atom stereocenters. The van der Waals surface area contributed by atoms with Gasteiger partial charge in [-0.3, -0.25) is 4.68 Å². The van der Waals surface area contributed by atoms with E-state index in [1.165, 1.54) is 0 Å². The van der Waals surface area contributed by atoms with E-state index >= 15 is 0 Å². The van der Waals surface area contributed by atoms with Gasteiger partial charge in [0.05, 0.1) is 6.54 Å². The summed E-state index contributed by atoms with van der Waals surface area (Å²) in [6.45, 7) is 0.402. The predicted molar refractivity (Wildman–Crippen MR) is 68.7 cm³/mol. The molecule has 0 radical (unpaired) electrons. The van der Waals surface area contributed by atoms with Crippen molar-refractivity contribution in [1.29, 1.82) is 0 Å². The first-order chi connectivity index (χ1) is 8.11. The highest BCUT2D eigenvalue weighted by Gasteiger charge is 2.07. The Kier molecular flexibility index (Phi) is 3.10. The molecule has 0 saturated heterocycles. The Morgan fingerprint density at radius 3 is 2.35 bits per heavy atom. The van der Waals surface area contributed by atoms with E-state index in [1.807, 2.05) is 45.4 Å². The molecule has 5 nitrogen and oxygen atoms in total. The second kappa shape index (κ2) is 4.55. The summed E-state index contributed by atoms with van der Waals surface area (Å²) < 4.78 is 1.72. The van der Waals surface area contributed by atoms with Gasteiger partial charge in [0.1, 0.15) is 5.82 Å². The summed E-state index contributed by atoms with van der Waals surface area (Å²) in [5.74, 6) is 1.51. The first-order valence-electron chi connectivity index (χ1n) is 5.49. The van der Waals surface area contributed by atoms with Crippen molar-refractivity contribution in [3.05, 3.63) is 30.1 Å². The Hall–Kier alpha value is -1.88. The molecule has 1 heterocycles. The Bertz CT molecular complexity index is 498. The van der Waals surface area contributed by atoms with Crippen LogP contribution in [0.1, 0.15) is 5.82 Å². The molecular weight excluding hydrogens is 214 g/mol. The highest BCUT2D eigenvalue weighted by atomic mass is 15.3. The van der Waals surface area contributed by atoms with Crippen molar-refractivity contribution in [2.45, 2.75) is 6.54 Å². The van der Waals surface area contributed by atoms with Crippen LogP contribution < -0.4 is 10.6 Å². The van der Waals surface area contributed by atoms with Gasteiger partial charge in [0.25, 0.3) is 0 Å². The summed E-state index contributed by atoms with van der Waals surface area (Å²) >= 11 is 0. The lowest BCUT2D eigenvalue weighted by Gasteiger charge is -2.11. The summed E-state index contributed by atoms with van der Waals surface area (Å²) in [5, 5.41) is 4.34. The second-order valence-electron chi connectivity index (χ2n) is 4.12. The normalized spacial score (nSPS) is 10.6. The summed E-state index contributed by atoms with van der Waals surface area (Å²) in [6, 6.07) is 8.14. The molecule has 0 aliphatic heterocycles. The van der Waals surface area contributed by atoms with Gasteiger partial charge in [-0.05, 0) is 24.3 Å². The molecule has 0 aliphatic carbocycles. The zero-order valence-electron chi connectivity index (χ0n) is 10.4. The molecule has 90 valence electrons. The van der Waals surface area contributed by atoms with Crippen LogP contribution in [-0.4, -0.2) is 28.9 Å². The number of benzene rings is 1. The van der Waals surface area contributed by atoms with E-state index in [0.717, 1.165) is 22.9 Å². The van der Waals surface area contributed by atoms with Gasteiger partial charge < -0.3 is 10.6 Å². The Morgan fingerprint density at radius 2 is 1.88 bits per heavy atom. The number of aromatic nitrogens is 3. The molecule has 0 amide bonds. The predicted octanol–water partition coefficient (Wildman–Crippen LogP) is 1.01. The largest absolute Gasteiger partial charge is 0.378 e. The third kappa shape index (κ3) is 2.29. The molecule has 1 aromatic carbocycles. The third-order valence-electron chi connectivity index (χ3n) is 2.68. The fourth-order valence-corrected chi connectivity index (χ4v) is 1.63. The highest BCUT2D eigenvalue weighted by Crippen LogP contribution is 2.19. The smallest absolute Gasteiger partial charge is 0.181 e. The maximum atomic E-state index is 5.58. The summed E-state index contributed by atoms with van der Waals surface area (Å²) in [6.07, 6.45) is 0. The van der Waals surface area contributed by atoms with Gasteiger partial charge in [-0.25, -0.2) is 4.98 Å². The highest BCUT2D eigenvalue weighted by molar-refractivity contribution is 5.59. The van der Waals surface area contributed by atoms with Gasteiger partial charge in [-0.15, -0.1) is 0 Å². The molecule has 2 rings (SSSR count). The SMILES string of the molecule is CN(C)c1ccc(-c2nc(CN)n(C)n2)cc1. The van der Waals surface area contributed by atoms with Crippen molar-refractivity contribution >= 4 is 5.69 Å². The van der Waals surface area contributed by atoms with Gasteiger partial charge in [-0.1, -0.05) is 0 Å². The lowest BCUT2D eigenvalue weighted by Crippen LogP contribution is -2.07. The van der Waals surface area contributed by atoms with E-state index in [-0.39, 0.29) is 0 Å². The molecule has 0 fully saturated rings. The third-order valence-corrected chi connectivity index (χ3v) is 2.68. The zero-order valence-corrected chi connectivity index (χ0v) is 10.4. The standard InChI is InChI=1S/C12H17N5/c1-16(2)10-6-4-9(5-7-10)12-14-11(8-13)17(3)15-12/h4-7H,8,13H2,1-3H3. The van der Waals surface area contributed by atoms with Crippen molar-refractivity contribution in [1.82, 2.24) is 14.8 Å². The molecule has 1 aromatic heterocycles. The summed E-state index contributed by atoms with van der Waals surface area (Å²) in [4.78, 5) is 6.44. The lowest BCUT2D eigenvalue weighted by atomic mass is 10.2. The van der Waals surface area contributed by atoms with Crippen LogP contribution in [0.5, 0.6) is 0 Å². The number of anilines is 1. The molecule has 0 bridgehead atoms. The Morgan fingerprint density at radius 1 is 1.24 bits per heavy atom. The number of hydrogen-bond acceptors (Lipinski definition) is 4. The minimum absolute atomic E-state index is 0.402. The minimum atomic E-state index is 0.402. The molecule has 0 atom stereocenters. The van der Waals surface area contributed by atoms with E-state index < -0.39 is 0 Å². The van der Waals surface area contributed by atoms with Crippen LogP contribution >= 0.6 is 0 Å². The van der Waals surface area contributed by atoms with Crippen molar-refractivity contribution in [2.24, 2.45) is 12.8 Å². The van der Waals surface area contributed by atoms with Crippen LogP contribution in [0.2, 0.25) is 0 Å². The number of nitrogens with zero attached hydrogens (tertiary/aromatic N) is 4.